The molecular formula is C78H141NO3. The summed E-state index contributed by atoms with van der Waals surface area (Å²) in [5, 5.41) is 23.3. The van der Waals surface area contributed by atoms with E-state index in [4.69, 9.17) is 0 Å². The SMILES string of the molecule is CC/C=C\C/C=C\C/C=C\C/C=C\C/C=C\C/C=C\CCCCCCCCCCCCCCCCCCCCCCC(=O)NC(CO)C(O)/C=C/CC/C=C/CCCCCCCCCCCCCCCCCCCCCCCCCCC. The van der Waals surface area contributed by atoms with E-state index in [9.17, 15) is 15.0 Å². The Morgan fingerprint density at radius 3 is 0.854 bits per heavy atom. The van der Waals surface area contributed by atoms with Crippen LogP contribution in [0.1, 0.15) is 373 Å². The number of aliphatic hydroxyl groups is 2. The number of amides is 1. The molecule has 0 radical (unpaired) electrons. The zero-order chi connectivity index (χ0) is 59.1. The van der Waals surface area contributed by atoms with E-state index in [0.717, 1.165) is 70.6 Å². The van der Waals surface area contributed by atoms with E-state index in [2.05, 4.69) is 104 Å². The number of aliphatic hydroxyl groups excluding tert-OH is 2. The summed E-state index contributed by atoms with van der Waals surface area (Å²) in [5.74, 6) is -0.0694. The number of unbranched alkanes of at least 4 members (excludes halogenated alkanes) is 46. The quantitative estimate of drug-likeness (QED) is 0.0420. The van der Waals surface area contributed by atoms with Crippen molar-refractivity contribution in [3.8, 4) is 0 Å². The lowest BCUT2D eigenvalue weighted by atomic mass is 10.0. The van der Waals surface area contributed by atoms with Crippen LogP contribution in [0.3, 0.4) is 0 Å². The van der Waals surface area contributed by atoms with Crippen molar-refractivity contribution >= 4 is 5.91 Å². The summed E-state index contributed by atoms with van der Waals surface area (Å²) >= 11 is 0. The predicted molar refractivity (Wildman–Crippen MR) is 368 cm³/mol. The molecule has 0 saturated carbocycles. The standard InChI is InChI=1S/C78H141NO3/c1-3-5-7-9-11-13-15-17-19-21-23-25-27-29-31-33-35-36-37-38-39-40-41-42-44-46-48-50-52-54-56-58-60-62-64-66-68-70-72-74-78(82)79-76(75-80)77(81)73-71-69-67-65-63-61-59-57-55-53-51-49-47-45-43-34-32-30-28-26-24-22-20-18-16-14-12-10-8-6-4-2/h5,7,11,13,17,19,23,25,29,31,35-36,63,65,71,73,76-77,80-81H,3-4,6,8-10,12,14-16,18,20-22,24,26-28,30,32-34,37-62,64,66-70,72,74-75H2,1-2H3,(H,79,82)/b7-5-,13-11-,19-17-,25-23-,31-29-,36-35-,65-63+,73-71+. The molecule has 0 fully saturated rings. The summed E-state index contributed by atoms with van der Waals surface area (Å²) in [6.07, 6.45) is 108. The van der Waals surface area contributed by atoms with Crippen LogP contribution >= 0.6 is 0 Å². The zero-order valence-electron chi connectivity index (χ0n) is 55.0. The van der Waals surface area contributed by atoms with Crippen LogP contribution in [-0.4, -0.2) is 34.9 Å². The number of nitrogens with one attached hydrogen (secondary N) is 1. The van der Waals surface area contributed by atoms with E-state index in [0.29, 0.717) is 6.42 Å². The van der Waals surface area contributed by atoms with Gasteiger partial charge in [-0.3, -0.25) is 4.79 Å². The molecule has 0 aliphatic heterocycles. The smallest absolute Gasteiger partial charge is 0.220 e. The number of carbonyl (C=O) groups is 1. The molecule has 2 unspecified atom stereocenters. The van der Waals surface area contributed by atoms with Crippen LogP contribution in [-0.2, 0) is 4.79 Å². The molecule has 0 bridgehead atoms. The van der Waals surface area contributed by atoms with Crippen LogP contribution in [0.4, 0.5) is 0 Å². The van der Waals surface area contributed by atoms with Gasteiger partial charge in [0.25, 0.3) is 0 Å². The molecule has 0 aromatic heterocycles. The first-order valence-electron chi connectivity index (χ1n) is 36.5. The third-order valence-corrected chi connectivity index (χ3v) is 16.6. The number of hydrogen-bond donors (Lipinski definition) is 3. The molecule has 0 saturated heterocycles. The molecule has 0 aliphatic rings. The minimum atomic E-state index is -0.867. The molecule has 1 amide bonds. The third kappa shape index (κ3) is 68.1. The summed E-state index contributed by atoms with van der Waals surface area (Å²) in [4.78, 5) is 12.6. The first kappa shape index (κ1) is 79.3. The molecule has 3 N–H and O–H groups in total. The average molecular weight is 1140 g/mol. The molecule has 4 nitrogen and oxygen atoms in total. The Morgan fingerprint density at radius 2 is 0.549 bits per heavy atom. The van der Waals surface area contributed by atoms with Crippen molar-refractivity contribution in [2.75, 3.05) is 6.61 Å². The van der Waals surface area contributed by atoms with Gasteiger partial charge in [0, 0.05) is 6.42 Å². The molecule has 0 rings (SSSR count). The molecule has 4 heteroatoms. The summed E-state index contributed by atoms with van der Waals surface area (Å²) < 4.78 is 0. The minimum Gasteiger partial charge on any atom is -0.394 e. The lowest BCUT2D eigenvalue weighted by Gasteiger charge is -2.19. The van der Waals surface area contributed by atoms with E-state index in [-0.39, 0.29) is 12.5 Å². The maximum Gasteiger partial charge on any atom is 0.220 e. The Bertz CT molecular complexity index is 1480. The Balaban J connectivity index is 3.47. The average Bonchev–Trinajstić information content (AvgIpc) is 3.50. The fourth-order valence-corrected chi connectivity index (χ4v) is 11.1. The van der Waals surface area contributed by atoms with Gasteiger partial charge in [-0.1, -0.05) is 381 Å². The van der Waals surface area contributed by atoms with Crippen LogP contribution in [0.2, 0.25) is 0 Å². The molecule has 476 valence electrons. The number of allylic oxidation sites excluding steroid dienone is 15. The van der Waals surface area contributed by atoms with Gasteiger partial charge in [-0.15, -0.1) is 0 Å². The maximum atomic E-state index is 12.6. The second-order valence-electron chi connectivity index (χ2n) is 24.6. The van der Waals surface area contributed by atoms with Crippen LogP contribution < -0.4 is 5.32 Å². The van der Waals surface area contributed by atoms with Gasteiger partial charge >= 0.3 is 0 Å². The molecule has 0 heterocycles. The van der Waals surface area contributed by atoms with Crippen molar-refractivity contribution in [2.45, 2.75) is 386 Å². The van der Waals surface area contributed by atoms with E-state index < -0.39 is 12.1 Å². The second-order valence-corrected chi connectivity index (χ2v) is 24.6. The van der Waals surface area contributed by atoms with Gasteiger partial charge in [0.05, 0.1) is 18.8 Å². The van der Waals surface area contributed by atoms with Gasteiger partial charge in [0.15, 0.2) is 0 Å². The first-order chi connectivity index (χ1) is 40.7. The molecule has 0 aliphatic carbocycles. The number of carbonyl (C=O) groups excluding carboxylic acids is 1. The molecule has 0 aromatic rings. The van der Waals surface area contributed by atoms with E-state index in [1.165, 1.54) is 283 Å². The number of hydrogen-bond acceptors (Lipinski definition) is 3. The summed E-state index contributed by atoms with van der Waals surface area (Å²) in [5.41, 5.74) is 0. The molecular weight excluding hydrogens is 999 g/mol. The summed E-state index contributed by atoms with van der Waals surface area (Å²) in [7, 11) is 0. The largest absolute Gasteiger partial charge is 0.394 e. The Hall–Kier alpha value is -2.69. The first-order valence-corrected chi connectivity index (χ1v) is 36.5. The fourth-order valence-electron chi connectivity index (χ4n) is 11.1. The molecule has 0 spiro atoms. The van der Waals surface area contributed by atoms with E-state index in [1.807, 2.05) is 6.08 Å². The van der Waals surface area contributed by atoms with Gasteiger partial charge in [-0.25, -0.2) is 0 Å². The second kappa shape index (κ2) is 72.6. The lowest BCUT2D eigenvalue weighted by molar-refractivity contribution is -0.123. The van der Waals surface area contributed by atoms with Crippen molar-refractivity contribution in [1.82, 2.24) is 5.32 Å². The fraction of sp³-hybridized carbons (Fsp3) is 0.782. The normalized spacial score (nSPS) is 13.3. The number of rotatable bonds is 67. The zero-order valence-corrected chi connectivity index (χ0v) is 55.0. The maximum absolute atomic E-state index is 12.6. The predicted octanol–water partition coefficient (Wildman–Crippen LogP) is 25.2. The topological polar surface area (TPSA) is 69.6 Å². The Kier molecular flexibility index (Phi) is 70.2. The van der Waals surface area contributed by atoms with Crippen molar-refractivity contribution in [3.05, 3.63) is 97.2 Å². The monoisotopic (exact) mass is 1140 g/mol. The van der Waals surface area contributed by atoms with Gasteiger partial charge in [0.1, 0.15) is 0 Å². The van der Waals surface area contributed by atoms with Gasteiger partial charge in [0.2, 0.25) is 5.91 Å². The molecule has 2 atom stereocenters. The van der Waals surface area contributed by atoms with Crippen LogP contribution in [0, 0.1) is 0 Å². The highest BCUT2D eigenvalue weighted by atomic mass is 16.3. The lowest BCUT2D eigenvalue weighted by Crippen LogP contribution is -2.45. The highest BCUT2D eigenvalue weighted by Crippen LogP contribution is 2.19. The highest BCUT2D eigenvalue weighted by molar-refractivity contribution is 5.76. The minimum absolute atomic E-state index is 0.0694. The van der Waals surface area contributed by atoms with Crippen LogP contribution in [0.5, 0.6) is 0 Å². The molecule has 0 aromatic carbocycles. The van der Waals surface area contributed by atoms with Crippen molar-refractivity contribution in [1.29, 1.82) is 0 Å². The van der Waals surface area contributed by atoms with Gasteiger partial charge < -0.3 is 15.5 Å². The van der Waals surface area contributed by atoms with Gasteiger partial charge in [-0.2, -0.15) is 0 Å². The van der Waals surface area contributed by atoms with E-state index in [1.54, 1.807) is 6.08 Å². The van der Waals surface area contributed by atoms with Gasteiger partial charge in [-0.05, 0) is 83.5 Å². The Morgan fingerprint density at radius 1 is 0.305 bits per heavy atom. The van der Waals surface area contributed by atoms with E-state index >= 15 is 0 Å². The third-order valence-electron chi connectivity index (χ3n) is 16.6. The molecule has 82 heavy (non-hydrogen) atoms. The van der Waals surface area contributed by atoms with Crippen LogP contribution in [0.25, 0.3) is 0 Å². The Labute approximate surface area is 513 Å². The van der Waals surface area contributed by atoms with Crippen molar-refractivity contribution in [3.63, 3.8) is 0 Å². The van der Waals surface area contributed by atoms with Crippen LogP contribution in [0.15, 0.2) is 97.2 Å². The summed E-state index contributed by atoms with van der Waals surface area (Å²) in [6, 6.07) is -0.644. The van der Waals surface area contributed by atoms with Crippen molar-refractivity contribution in [2.24, 2.45) is 0 Å². The van der Waals surface area contributed by atoms with Crippen molar-refractivity contribution < 1.29 is 15.0 Å². The highest BCUT2D eigenvalue weighted by Gasteiger charge is 2.18. The summed E-state index contributed by atoms with van der Waals surface area (Å²) in [6.45, 7) is 4.22.